The van der Waals surface area contributed by atoms with Gasteiger partial charge in [0.1, 0.15) is 11.8 Å². The maximum absolute atomic E-state index is 12.7. The number of hydrogen-bond acceptors (Lipinski definition) is 4. The fourth-order valence-electron chi connectivity index (χ4n) is 2.39. The van der Waals surface area contributed by atoms with Crippen molar-refractivity contribution in [2.24, 2.45) is 0 Å². The molecule has 0 saturated heterocycles. The molecule has 1 atom stereocenters. The van der Waals surface area contributed by atoms with Gasteiger partial charge in [-0.25, -0.2) is 0 Å². The minimum atomic E-state index is -0.536. The second-order valence-corrected chi connectivity index (χ2v) is 5.67. The first-order valence-electron chi connectivity index (χ1n) is 7.74. The molecule has 24 heavy (non-hydrogen) atoms. The van der Waals surface area contributed by atoms with Crippen molar-refractivity contribution in [3.63, 3.8) is 0 Å². The molecule has 2 aromatic carbocycles. The van der Waals surface area contributed by atoms with Crippen molar-refractivity contribution in [3.05, 3.63) is 77.6 Å². The molecule has 3 aromatic rings. The van der Waals surface area contributed by atoms with Crippen molar-refractivity contribution in [1.82, 2.24) is 5.16 Å². The number of amides is 1. The van der Waals surface area contributed by atoms with Gasteiger partial charge in [0.05, 0.1) is 0 Å². The summed E-state index contributed by atoms with van der Waals surface area (Å²) in [6, 6.07) is 18.6. The average Bonchev–Trinajstić information content (AvgIpc) is 3.00. The molecule has 0 aliphatic rings. The Morgan fingerprint density at radius 1 is 1.04 bits per heavy atom. The maximum atomic E-state index is 12.7. The van der Waals surface area contributed by atoms with Crippen LogP contribution in [0.3, 0.4) is 0 Å². The van der Waals surface area contributed by atoms with Gasteiger partial charge in [-0.05, 0) is 31.5 Å². The molecule has 0 unspecified atom stereocenters. The lowest BCUT2D eigenvalue weighted by Crippen LogP contribution is -2.27. The summed E-state index contributed by atoms with van der Waals surface area (Å²) in [5, 5.41) is 9.88. The number of hydrogen-bond donors (Lipinski definition) is 2. The zero-order chi connectivity index (χ0) is 16.9. The van der Waals surface area contributed by atoms with Gasteiger partial charge < -0.3 is 15.2 Å². The van der Waals surface area contributed by atoms with Crippen LogP contribution >= 0.6 is 0 Å². The number of aryl methyl sites for hydroxylation is 2. The zero-order valence-corrected chi connectivity index (χ0v) is 13.6. The summed E-state index contributed by atoms with van der Waals surface area (Å²) in [5.74, 6) is 0.854. The number of nitrogens with zero attached hydrogens (tertiary/aromatic N) is 1. The molecule has 2 N–H and O–H groups in total. The summed E-state index contributed by atoms with van der Waals surface area (Å²) in [6.45, 7) is 3.81. The number of carbonyl (C=O) groups is 1. The van der Waals surface area contributed by atoms with Crippen molar-refractivity contribution in [2.75, 3.05) is 10.6 Å². The van der Waals surface area contributed by atoms with Gasteiger partial charge in [0.15, 0.2) is 5.82 Å². The SMILES string of the molecule is Cc1ccc(N[C@@H](C(=O)Nc2cc(C)on2)c2ccccc2)cc1. The standard InChI is InChI=1S/C19H19N3O2/c1-13-8-10-16(11-9-13)20-18(15-6-4-3-5-7-15)19(23)21-17-12-14(2)24-22-17/h3-12,18,20H,1-2H3,(H,21,22,23)/t18-/m1/s1. The van der Waals surface area contributed by atoms with Crippen LogP contribution in [0.5, 0.6) is 0 Å². The molecule has 1 amide bonds. The molecule has 0 saturated carbocycles. The number of carbonyl (C=O) groups excluding carboxylic acids is 1. The van der Waals surface area contributed by atoms with Gasteiger partial charge in [0.25, 0.3) is 5.91 Å². The van der Waals surface area contributed by atoms with Crippen molar-refractivity contribution in [2.45, 2.75) is 19.9 Å². The summed E-state index contributed by atoms with van der Waals surface area (Å²) >= 11 is 0. The molecule has 5 nitrogen and oxygen atoms in total. The lowest BCUT2D eigenvalue weighted by molar-refractivity contribution is -0.117. The molecule has 0 aliphatic carbocycles. The lowest BCUT2D eigenvalue weighted by atomic mass is 10.1. The predicted molar refractivity (Wildman–Crippen MR) is 93.9 cm³/mol. The summed E-state index contributed by atoms with van der Waals surface area (Å²) in [7, 11) is 0. The van der Waals surface area contributed by atoms with Crippen LogP contribution in [0.25, 0.3) is 0 Å². The van der Waals surface area contributed by atoms with E-state index >= 15 is 0 Å². The summed E-state index contributed by atoms with van der Waals surface area (Å²) in [4.78, 5) is 12.7. The van der Waals surface area contributed by atoms with Gasteiger partial charge in [-0.1, -0.05) is 53.2 Å². The van der Waals surface area contributed by atoms with E-state index in [-0.39, 0.29) is 5.91 Å². The van der Waals surface area contributed by atoms with E-state index in [4.69, 9.17) is 4.52 Å². The Morgan fingerprint density at radius 3 is 2.38 bits per heavy atom. The number of anilines is 2. The Kier molecular flexibility index (Phi) is 4.61. The third kappa shape index (κ3) is 3.81. The molecule has 3 rings (SSSR count). The molecule has 1 heterocycles. The lowest BCUT2D eigenvalue weighted by Gasteiger charge is -2.19. The second-order valence-electron chi connectivity index (χ2n) is 5.67. The Balaban J connectivity index is 1.84. The maximum Gasteiger partial charge on any atom is 0.252 e. The van der Waals surface area contributed by atoms with Crippen LogP contribution in [0.1, 0.15) is 22.9 Å². The first-order valence-corrected chi connectivity index (χ1v) is 7.74. The van der Waals surface area contributed by atoms with Crippen molar-refractivity contribution in [1.29, 1.82) is 0 Å². The highest BCUT2D eigenvalue weighted by atomic mass is 16.5. The Hall–Kier alpha value is -3.08. The van der Waals surface area contributed by atoms with E-state index in [1.807, 2.05) is 61.5 Å². The molecule has 122 valence electrons. The van der Waals surface area contributed by atoms with Gasteiger partial charge in [-0.2, -0.15) is 0 Å². The largest absolute Gasteiger partial charge is 0.370 e. The smallest absolute Gasteiger partial charge is 0.252 e. The van der Waals surface area contributed by atoms with Crippen LogP contribution in [0.4, 0.5) is 11.5 Å². The molecule has 5 heteroatoms. The topological polar surface area (TPSA) is 67.2 Å². The number of rotatable bonds is 5. The van der Waals surface area contributed by atoms with E-state index < -0.39 is 6.04 Å². The van der Waals surface area contributed by atoms with Crippen LogP contribution < -0.4 is 10.6 Å². The monoisotopic (exact) mass is 321 g/mol. The van der Waals surface area contributed by atoms with Crippen LogP contribution in [0.15, 0.2) is 65.2 Å². The first kappa shape index (κ1) is 15.8. The Morgan fingerprint density at radius 2 is 1.75 bits per heavy atom. The third-order valence-corrected chi connectivity index (χ3v) is 3.64. The number of benzene rings is 2. The number of aromatic nitrogens is 1. The highest BCUT2D eigenvalue weighted by molar-refractivity contribution is 5.96. The van der Waals surface area contributed by atoms with Crippen LogP contribution in [-0.2, 0) is 4.79 Å². The van der Waals surface area contributed by atoms with Gasteiger partial charge in [0.2, 0.25) is 0 Å². The normalized spacial score (nSPS) is 11.8. The number of nitrogens with one attached hydrogen (secondary N) is 2. The minimum absolute atomic E-state index is 0.199. The molecule has 0 aliphatic heterocycles. The van der Waals surface area contributed by atoms with E-state index in [1.54, 1.807) is 13.0 Å². The summed E-state index contributed by atoms with van der Waals surface area (Å²) in [5.41, 5.74) is 2.91. The van der Waals surface area contributed by atoms with E-state index in [1.165, 1.54) is 5.56 Å². The first-order chi connectivity index (χ1) is 11.6. The quantitative estimate of drug-likeness (QED) is 0.743. The second kappa shape index (κ2) is 7.00. The van der Waals surface area contributed by atoms with Gasteiger partial charge in [-0.3, -0.25) is 4.79 Å². The average molecular weight is 321 g/mol. The molecular weight excluding hydrogens is 302 g/mol. The highest BCUT2D eigenvalue weighted by Gasteiger charge is 2.21. The zero-order valence-electron chi connectivity index (χ0n) is 13.6. The van der Waals surface area contributed by atoms with Gasteiger partial charge in [-0.15, -0.1) is 0 Å². The molecule has 0 fully saturated rings. The van der Waals surface area contributed by atoms with Gasteiger partial charge in [0, 0.05) is 11.8 Å². The molecule has 0 radical (unpaired) electrons. The van der Waals surface area contributed by atoms with Crippen LogP contribution in [0.2, 0.25) is 0 Å². The molecule has 1 aromatic heterocycles. The fraction of sp³-hybridized carbons (Fsp3) is 0.158. The van der Waals surface area contributed by atoms with Crippen LogP contribution in [0, 0.1) is 13.8 Å². The summed E-state index contributed by atoms with van der Waals surface area (Å²) in [6.07, 6.45) is 0. The van der Waals surface area contributed by atoms with Gasteiger partial charge >= 0.3 is 0 Å². The van der Waals surface area contributed by atoms with Crippen molar-refractivity contribution >= 4 is 17.4 Å². The molecule has 0 bridgehead atoms. The van der Waals surface area contributed by atoms with E-state index in [2.05, 4.69) is 15.8 Å². The van der Waals surface area contributed by atoms with E-state index in [0.717, 1.165) is 11.3 Å². The van der Waals surface area contributed by atoms with E-state index in [9.17, 15) is 4.79 Å². The minimum Gasteiger partial charge on any atom is -0.370 e. The summed E-state index contributed by atoms with van der Waals surface area (Å²) < 4.78 is 5.00. The van der Waals surface area contributed by atoms with Crippen molar-refractivity contribution < 1.29 is 9.32 Å². The van der Waals surface area contributed by atoms with Crippen LogP contribution in [-0.4, -0.2) is 11.1 Å². The molecular formula is C19H19N3O2. The third-order valence-electron chi connectivity index (χ3n) is 3.64. The van der Waals surface area contributed by atoms with Crippen molar-refractivity contribution in [3.8, 4) is 0 Å². The Labute approximate surface area is 140 Å². The Bertz CT molecular complexity index is 810. The fourth-order valence-corrected chi connectivity index (χ4v) is 2.39. The highest BCUT2D eigenvalue weighted by Crippen LogP contribution is 2.22. The predicted octanol–water partition coefficient (Wildman–Crippen LogP) is 4.08. The molecule has 0 spiro atoms. The van der Waals surface area contributed by atoms with E-state index in [0.29, 0.717) is 11.6 Å².